The molecule has 0 fully saturated rings. The number of halogens is 2. The van der Waals surface area contributed by atoms with Crippen molar-refractivity contribution >= 4 is 33.4 Å². The highest BCUT2D eigenvalue weighted by Gasteiger charge is 2.05. The molecule has 0 saturated heterocycles. The zero-order chi connectivity index (χ0) is 12.8. The molecule has 94 valence electrons. The summed E-state index contributed by atoms with van der Waals surface area (Å²) >= 11 is 9.37. The quantitative estimate of drug-likeness (QED) is 0.877. The molecule has 0 aliphatic rings. The molecule has 0 spiro atoms. The van der Waals surface area contributed by atoms with Crippen LogP contribution in [0.3, 0.4) is 0 Å². The topological polar surface area (TPSA) is 55.1 Å². The lowest BCUT2D eigenvalue weighted by atomic mass is 10.2. The van der Waals surface area contributed by atoms with E-state index in [-0.39, 0.29) is 11.9 Å². The van der Waals surface area contributed by atoms with Crippen molar-refractivity contribution in [3.05, 3.63) is 33.3 Å². The van der Waals surface area contributed by atoms with Crippen molar-refractivity contribution in [3.8, 4) is 0 Å². The second kappa shape index (κ2) is 6.99. The first-order valence-electron chi connectivity index (χ1n) is 5.45. The van der Waals surface area contributed by atoms with E-state index in [1.54, 1.807) is 0 Å². The van der Waals surface area contributed by atoms with E-state index >= 15 is 0 Å². The fourth-order valence-electron chi connectivity index (χ4n) is 1.31. The second-order valence-electron chi connectivity index (χ2n) is 4.03. The zero-order valence-electron chi connectivity index (χ0n) is 9.67. The van der Waals surface area contributed by atoms with Gasteiger partial charge in [-0.15, -0.1) is 0 Å². The van der Waals surface area contributed by atoms with Crippen LogP contribution in [-0.4, -0.2) is 11.9 Å². The molecule has 5 heteroatoms. The van der Waals surface area contributed by atoms with Crippen molar-refractivity contribution in [1.82, 2.24) is 5.32 Å². The van der Waals surface area contributed by atoms with E-state index in [4.69, 9.17) is 17.3 Å². The SMILES string of the molecule is CC(N)CCC(=O)NCc1ccc(Br)cc1Cl. The third-order valence-electron chi connectivity index (χ3n) is 2.32. The largest absolute Gasteiger partial charge is 0.352 e. The van der Waals surface area contributed by atoms with Crippen LogP contribution in [0.4, 0.5) is 0 Å². The number of benzene rings is 1. The van der Waals surface area contributed by atoms with Crippen LogP contribution in [0, 0.1) is 0 Å². The number of hydrogen-bond acceptors (Lipinski definition) is 2. The van der Waals surface area contributed by atoms with Gasteiger partial charge in [-0.3, -0.25) is 4.79 Å². The normalized spacial score (nSPS) is 12.2. The summed E-state index contributed by atoms with van der Waals surface area (Å²) in [5, 5.41) is 3.47. The van der Waals surface area contributed by atoms with Gasteiger partial charge in [0.15, 0.2) is 0 Å². The number of carbonyl (C=O) groups is 1. The maximum Gasteiger partial charge on any atom is 0.220 e. The van der Waals surface area contributed by atoms with Crippen LogP contribution < -0.4 is 11.1 Å². The lowest BCUT2D eigenvalue weighted by Crippen LogP contribution is -2.25. The lowest BCUT2D eigenvalue weighted by Gasteiger charge is -2.08. The number of hydrogen-bond donors (Lipinski definition) is 2. The van der Waals surface area contributed by atoms with Crippen LogP contribution in [0.2, 0.25) is 5.02 Å². The molecule has 0 saturated carbocycles. The molecule has 0 aliphatic carbocycles. The van der Waals surface area contributed by atoms with Gasteiger partial charge in [0.25, 0.3) is 0 Å². The molecule has 1 atom stereocenters. The molecule has 1 unspecified atom stereocenters. The molecule has 3 nitrogen and oxygen atoms in total. The summed E-state index contributed by atoms with van der Waals surface area (Å²) in [6.07, 6.45) is 1.14. The Bertz CT molecular complexity index is 396. The predicted molar refractivity (Wildman–Crippen MR) is 73.9 cm³/mol. The fraction of sp³-hybridized carbons (Fsp3) is 0.417. The number of rotatable bonds is 5. The maximum absolute atomic E-state index is 11.5. The van der Waals surface area contributed by atoms with Gasteiger partial charge in [0.2, 0.25) is 5.91 Å². The Morgan fingerprint density at radius 2 is 2.29 bits per heavy atom. The van der Waals surface area contributed by atoms with E-state index in [1.165, 1.54) is 0 Å². The molecule has 17 heavy (non-hydrogen) atoms. The maximum atomic E-state index is 11.5. The summed E-state index contributed by atoms with van der Waals surface area (Å²) < 4.78 is 0.925. The summed E-state index contributed by atoms with van der Waals surface area (Å²) in [4.78, 5) is 11.5. The minimum Gasteiger partial charge on any atom is -0.352 e. The Labute approximate surface area is 115 Å². The zero-order valence-corrected chi connectivity index (χ0v) is 12.0. The fourth-order valence-corrected chi connectivity index (χ4v) is 2.05. The Hall–Kier alpha value is -0.580. The molecular formula is C12H16BrClN2O. The molecule has 0 bridgehead atoms. The van der Waals surface area contributed by atoms with Crippen molar-refractivity contribution < 1.29 is 4.79 Å². The molecule has 1 aromatic carbocycles. The average molecular weight is 320 g/mol. The first kappa shape index (κ1) is 14.5. The van der Waals surface area contributed by atoms with Crippen molar-refractivity contribution in [2.24, 2.45) is 5.73 Å². The highest BCUT2D eigenvalue weighted by molar-refractivity contribution is 9.10. The molecule has 0 aromatic heterocycles. The van der Waals surface area contributed by atoms with Gasteiger partial charge in [-0.2, -0.15) is 0 Å². The smallest absolute Gasteiger partial charge is 0.220 e. The summed E-state index contributed by atoms with van der Waals surface area (Å²) in [6.45, 7) is 2.34. The number of nitrogens with two attached hydrogens (primary N) is 1. The Kier molecular flexibility index (Phi) is 5.95. The van der Waals surface area contributed by atoms with Gasteiger partial charge in [-0.05, 0) is 31.0 Å². The third-order valence-corrected chi connectivity index (χ3v) is 3.16. The van der Waals surface area contributed by atoms with Gasteiger partial charge in [0, 0.05) is 28.5 Å². The van der Waals surface area contributed by atoms with E-state index in [9.17, 15) is 4.79 Å². The number of nitrogens with one attached hydrogen (secondary N) is 1. The summed E-state index contributed by atoms with van der Waals surface area (Å²) in [5.74, 6) is 0.00119. The van der Waals surface area contributed by atoms with E-state index in [2.05, 4.69) is 21.2 Å². The van der Waals surface area contributed by atoms with Crippen molar-refractivity contribution in [1.29, 1.82) is 0 Å². The second-order valence-corrected chi connectivity index (χ2v) is 5.35. The van der Waals surface area contributed by atoms with Crippen molar-refractivity contribution in [2.45, 2.75) is 32.4 Å². The van der Waals surface area contributed by atoms with Gasteiger partial charge in [0.1, 0.15) is 0 Å². The summed E-state index contributed by atoms with van der Waals surface area (Å²) in [7, 11) is 0. The molecule has 0 radical (unpaired) electrons. The third kappa shape index (κ3) is 5.52. The molecule has 1 amide bonds. The Balaban J connectivity index is 2.42. The van der Waals surface area contributed by atoms with Gasteiger partial charge < -0.3 is 11.1 Å². The average Bonchev–Trinajstić information content (AvgIpc) is 2.25. The Morgan fingerprint density at radius 1 is 1.59 bits per heavy atom. The number of amides is 1. The highest BCUT2D eigenvalue weighted by atomic mass is 79.9. The molecule has 3 N–H and O–H groups in total. The van der Waals surface area contributed by atoms with Crippen LogP contribution in [0.15, 0.2) is 22.7 Å². The Morgan fingerprint density at radius 3 is 2.88 bits per heavy atom. The van der Waals surface area contributed by atoms with Gasteiger partial charge in [-0.25, -0.2) is 0 Å². The van der Waals surface area contributed by atoms with Crippen LogP contribution in [0.1, 0.15) is 25.3 Å². The first-order valence-corrected chi connectivity index (χ1v) is 6.62. The van der Waals surface area contributed by atoms with E-state index in [1.807, 2.05) is 25.1 Å². The molecule has 0 heterocycles. The van der Waals surface area contributed by atoms with E-state index in [0.29, 0.717) is 24.4 Å². The molecule has 1 aromatic rings. The van der Waals surface area contributed by atoms with Gasteiger partial charge >= 0.3 is 0 Å². The lowest BCUT2D eigenvalue weighted by molar-refractivity contribution is -0.121. The van der Waals surface area contributed by atoms with Crippen LogP contribution in [-0.2, 0) is 11.3 Å². The highest BCUT2D eigenvalue weighted by Crippen LogP contribution is 2.21. The van der Waals surface area contributed by atoms with E-state index in [0.717, 1.165) is 10.0 Å². The monoisotopic (exact) mass is 318 g/mol. The van der Waals surface area contributed by atoms with Gasteiger partial charge in [-0.1, -0.05) is 33.6 Å². The van der Waals surface area contributed by atoms with Crippen LogP contribution in [0.25, 0.3) is 0 Å². The summed E-state index contributed by atoms with van der Waals surface area (Å²) in [5.41, 5.74) is 6.49. The van der Waals surface area contributed by atoms with Crippen LogP contribution >= 0.6 is 27.5 Å². The number of carbonyl (C=O) groups excluding carboxylic acids is 1. The van der Waals surface area contributed by atoms with E-state index < -0.39 is 0 Å². The standard InChI is InChI=1S/C12H16BrClN2O/c1-8(15)2-5-12(17)16-7-9-3-4-10(13)6-11(9)14/h3-4,6,8H,2,5,7,15H2,1H3,(H,16,17). The summed E-state index contributed by atoms with van der Waals surface area (Å²) in [6, 6.07) is 5.65. The molecule has 1 rings (SSSR count). The molecule has 0 aliphatic heterocycles. The van der Waals surface area contributed by atoms with Crippen molar-refractivity contribution in [2.75, 3.05) is 0 Å². The minimum atomic E-state index is 0.00119. The minimum absolute atomic E-state index is 0.00119. The first-order chi connectivity index (χ1) is 7.99. The van der Waals surface area contributed by atoms with Crippen molar-refractivity contribution in [3.63, 3.8) is 0 Å². The molecular weight excluding hydrogens is 304 g/mol. The predicted octanol–water partition coefficient (Wildman–Crippen LogP) is 2.85. The van der Waals surface area contributed by atoms with Gasteiger partial charge in [0.05, 0.1) is 0 Å². The van der Waals surface area contributed by atoms with Crippen LogP contribution in [0.5, 0.6) is 0 Å².